The number of hydrogen-bond donors (Lipinski definition) is 0. The van der Waals surface area contributed by atoms with Gasteiger partial charge in [0.1, 0.15) is 10.6 Å². The van der Waals surface area contributed by atoms with Crippen molar-refractivity contribution in [2.45, 2.75) is 32.6 Å². The minimum atomic E-state index is 0.0951. The van der Waals surface area contributed by atoms with Crippen molar-refractivity contribution in [3.05, 3.63) is 63.9 Å². The Kier molecular flexibility index (Phi) is 5.62. The number of nitrogens with zero attached hydrogens (tertiary/aromatic N) is 3. The third-order valence-electron chi connectivity index (χ3n) is 5.46. The van der Waals surface area contributed by atoms with Crippen molar-refractivity contribution >= 4 is 17.2 Å². The van der Waals surface area contributed by atoms with Crippen LogP contribution in [0.4, 0.5) is 0 Å². The summed E-state index contributed by atoms with van der Waals surface area (Å²) in [6.07, 6.45) is 2.03. The predicted molar refractivity (Wildman–Crippen MR) is 116 cm³/mol. The van der Waals surface area contributed by atoms with Gasteiger partial charge in [0, 0.05) is 30.4 Å². The minimum Gasteiger partial charge on any atom is -0.497 e. The molecule has 1 aliphatic heterocycles. The van der Waals surface area contributed by atoms with Crippen molar-refractivity contribution in [1.29, 1.82) is 0 Å². The lowest BCUT2D eigenvalue weighted by atomic mass is 9.92. The Balaban J connectivity index is 1.58. The minimum absolute atomic E-state index is 0.0951. The molecule has 3 heterocycles. The van der Waals surface area contributed by atoms with Crippen molar-refractivity contribution in [2.24, 2.45) is 0 Å². The Bertz CT molecular complexity index is 1010. The van der Waals surface area contributed by atoms with Crippen molar-refractivity contribution in [3.8, 4) is 16.9 Å². The lowest BCUT2D eigenvalue weighted by molar-refractivity contribution is 0.0710. The van der Waals surface area contributed by atoms with Crippen molar-refractivity contribution in [1.82, 2.24) is 14.9 Å². The third kappa shape index (κ3) is 4.17. The molecule has 1 aliphatic rings. The van der Waals surface area contributed by atoms with E-state index in [4.69, 9.17) is 9.72 Å². The van der Waals surface area contributed by atoms with Gasteiger partial charge in [0.25, 0.3) is 5.91 Å². The third-order valence-corrected chi connectivity index (χ3v) is 6.38. The second kappa shape index (κ2) is 8.33. The van der Waals surface area contributed by atoms with Crippen LogP contribution in [0.2, 0.25) is 0 Å². The van der Waals surface area contributed by atoms with Gasteiger partial charge in [-0.3, -0.25) is 9.78 Å². The molecule has 150 valence electrons. The summed E-state index contributed by atoms with van der Waals surface area (Å²) in [4.78, 5) is 24.7. The van der Waals surface area contributed by atoms with Crippen LogP contribution in [0.3, 0.4) is 0 Å². The molecule has 5 nitrogen and oxygen atoms in total. The van der Waals surface area contributed by atoms with E-state index >= 15 is 0 Å². The number of rotatable bonds is 4. The predicted octanol–water partition coefficient (Wildman–Crippen LogP) is 4.85. The Hall–Kier alpha value is -2.73. The number of pyridine rings is 1. The quantitative estimate of drug-likeness (QED) is 0.620. The number of thiazole rings is 1. The van der Waals surface area contributed by atoms with Gasteiger partial charge in [-0.15, -0.1) is 11.3 Å². The highest BCUT2D eigenvalue weighted by atomic mass is 32.1. The molecule has 0 radical (unpaired) electrons. The average molecular weight is 408 g/mol. The highest BCUT2D eigenvalue weighted by molar-refractivity contribution is 7.11. The number of hydrogen-bond acceptors (Lipinski definition) is 5. The monoisotopic (exact) mass is 407 g/mol. The van der Waals surface area contributed by atoms with Crippen LogP contribution in [0, 0.1) is 13.8 Å². The molecule has 2 aromatic heterocycles. The maximum absolute atomic E-state index is 12.9. The lowest BCUT2D eigenvalue weighted by Gasteiger charge is -2.32. The molecule has 0 saturated carbocycles. The molecule has 0 spiro atoms. The summed E-state index contributed by atoms with van der Waals surface area (Å²) in [5.74, 6) is 1.19. The molecular weight excluding hydrogens is 382 g/mol. The molecule has 3 aromatic rings. The summed E-state index contributed by atoms with van der Waals surface area (Å²) in [5.41, 5.74) is 6.91. The number of methoxy groups -OCH3 is 1. The molecular formula is C23H25N3O2S. The zero-order valence-electron chi connectivity index (χ0n) is 17.0. The van der Waals surface area contributed by atoms with Crippen molar-refractivity contribution in [3.63, 3.8) is 0 Å². The van der Waals surface area contributed by atoms with E-state index in [0.29, 0.717) is 6.54 Å². The molecule has 4 rings (SSSR count). The Morgan fingerprint density at radius 3 is 2.66 bits per heavy atom. The van der Waals surface area contributed by atoms with Gasteiger partial charge in [0.15, 0.2) is 0 Å². The molecule has 6 heteroatoms. The van der Waals surface area contributed by atoms with Crippen molar-refractivity contribution in [2.75, 3.05) is 20.2 Å². The molecule has 0 unspecified atom stereocenters. The largest absolute Gasteiger partial charge is 0.497 e. The van der Waals surface area contributed by atoms with Gasteiger partial charge >= 0.3 is 0 Å². The summed E-state index contributed by atoms with van der Waals surface area (Å²) in [6, 6.07) is 12.4. The summed E-state index contributed by atoms with van der Waals surface area (Å²) in [6.45, 7) is 5.43. The van der Waals surface area contributed by atoms with Crippen LogP contribution < -0.4 is 4.74 Å². The summed E-state index contributed by atoms with van der Waals surface area (Å²) in [7, 11) is 1.67. The molecule has 0 aliphatic carbocycles. The smallest absolute Gasteiger partial charge is 0.265 e. The highest BCUT2D eigenvalue weighted by Crippen LogP contribution is 2.31. The van der Waals surface area contributed by atoms with Crippen molar-refractivity contribution < 1.29 is 9.53 Å². The van der Waals surface area contributed by atoms with E-state index in [1.54, 1.807) is 12.6 Å². The molecule has 1 amide bonds. The van der Waals surface area contributed by atoms with E-state index in [0.717, 1.165) is 58.2 Å². The number of likely N-dealkylation sites (tertiary alicyclic amines) is 1. The zero-order chi connectivity index (χ0) is 20.4. The van der Waals surface area contributed by atoms with Crippen LogP contribution >= 0.6 is 11.3 Å². The second-order valence-corrected chi connectivity index (χ2v) is 8.36. The maximum atomic E-state index is 12.9. The van der Waals surface area contributed by atoms with Crippen LogP contribution in [-0.2, 0) is 0 Å². The standard InChI is InChI=1S/C23H25N3O2S/c1-15-11-19(17-6-8-20(28-3)9-7-17)12-21(25-15)18-5-4-10-26(13-18)23(27)22-16(2)24-14-29-22/h6-9,11-12,14,18H,4-5,10,13H2,1-3H3/t18-/m0/s1. The summed E-state index contributed by atoms with van der Waals surface area (Å²) >= 11 is 1.43. The van der Waals surface area contributed by atoms with E-state index in [9.17, 15) is 4.79 Å². The number of carbonyl (C=O) groups is 1. The molecule has 1 aromatic carbocycles. The average Bonchev–Trinajstić information content (AvgIpc) is 3.18. The Morgan fingerprint density at radius 2 is 1.97 bits per heavy atom. The Labute approximate surface area is 175 Å². The van der Waals surface area contributed by atoms with Crippen LogP contribution in [0.1, 0.15) is 45.5 Å². The molecule has 0 N–H and O–H groups in total. The van der Waals surface area contributed by atoms with E-state index < -0.39 is 0 Å². The van der Waals surface area contributed by atoms with Gasteiger partial charge < -0.3 is 9.64 Å². The number of benzene rings is 1. The molecule has 1 atom stereocenters. The van der Waals surface area contributed by atoms with E-state index in [-0.39, 0.29) is 11.8 Å². The van der Waals surface area contributed by atoms with Gasteiger partial charge in [-0.05, 0) is 62.1 Å². The van der Waals surface area contributed by atoms with Gasteiger partial charge in [-0.1, -0.05) is 12.1 Å². The summed E-state index contributed by atoms with van der Waals surface area (Å²) < 4.78 is 5.27. The number of carbonyl (C=O) groups excluding carboxylic acids is 1. The Morgan fingerprint density at radius 1 is 1.17 bits per heavy atom. The topological polar surface area (TPSA) is 55.3 Å². The molecule has 29 heavy (non-hydrogen) atoms. The SMILES string of the molecule is COc1ccc(-c2cc(C)nc([C@H]3CCCN(C(=O)c4scnc4C)C3)c2)cc1. The lowest BCUT2D eigenvalue weighted by Crippen LogP contribution is -2.39. The molecule has 1 saturated heterocycles. The first kappa shape index (κ1) is 19.6. The van der Waals surface area contributed by atoms with Crippen LogP contribution in [-0.4, -0.2) is 41.0 Å². The first-order valence-corrected chi connectivity index (χ1v) is 10.8. The van der Waals surface area contributed by atoms with E-state index in [1.807, 2.05) is 30.9 Å². The van der Waals surface area contributed by atoms with Gasteiger partial charge in [-0.25, -0.2) is 4.98 Å². The summed E-state index contributed by atoms with van der Waals surface area (Å²) in [5, 5.41) is 0. The maximum Gasteiger partial charge on any atom is 0.265 e. The van der Waals surface area contributed by atoms with Gasteiger partial charge in [-0.2, -0.15) is 0 Å². The molecule has 1 fully saturated rings. The van der Waals surface area contributed by atoms with Crippen LogP contribution in [0.25, 0.3) is 11.1 Å². The van der Waals surface area contributed by atoms with E-state index in [1.165, 1.54) is 11.3 Å². The number of ether oxygens (including phenoxy) is 1. The number of aryl methyl sites for hydroxylation is 2. The highest BCUT2D eigenvalue weighted by Gasteiger charge is 2.28. The van der Waals surface area contributed by atoms with Gasteiger partial charge in [0.05, 0.1) is 18.3 Å². The normalized spacial score (nSPS) is 16.7. The fourth-order valence-electron chi connectivity index (χ4n) is 3.91. The van der Waals surface area contributed by atoms with Gasteiger partial charge in [0.2, 0.25) is 0 Å². The fraction of sp³-hybridized carbons (Fsp3) is 0.348. The second-order valence-electron chi connectivity index (χ2n) is 7.51. The van der Waals surface area contributed by atoms with E-state index in [2.05, 4.69) is 29.2 Å². The molecule has 0 bridgehead atoms. The fourth-order valence-corrected chi connectivity index (χ4v) is 4.68. The first-order valence-electron chi connectivity index (χ1n) is 9.87. The first-order chi connectivity index (χ1) is 14.0. The number of aromatic nitrogens is 2. The van der Waals surface area contributed by atoms with Crippen LogP contribution in [0.15, 0.2) is 41.9 Å². The zero-order valence-corrected chi connectivity index (χ0v) is 17.8. The number of piperidine rings is 1. The number of amides is 1. The van der Waals surface area contributed by atoms with Crippen LogP contribution in [0.5, 0.6) is 5.75 Å².